The monoisotopic (exact) mass is 440 g/mol. The highest BCUT2D eigenvalue weighted by atomic mass is 28.4. The number of rotatable bonds is 5. The van der Waals surface area contributed by atoms with Gasteiger partial charge < -0.3 is 23.4 Å². The molecular weight excluding hydrogens is 404 g/mol. The van der Waals surface area contributed by atoms with Crippen LogP contribution < -0.4 is 0 Å². The molecule has 0 saturated carbocycles. The van der Waals surface area contributed by atoms with Crippen LogP contribution in [0.1, 0.15) is 62.5 Å². The molecule has 2 fully saturated rings. The Hall–Kier alpha value is -1.26. The van der Waals surface area contributed by atoms with E-state index >= 15 is 0 Å². The minimum atomic E-state index is -1.96. The quantitative estimate of drug-likeness (QED) is 0.512. The van der Waals surface area contributed by atoms with E-state index in [4.69, 9.17) is 23.4 Å². The molecule has 0 spiro atoms. The van der Waals surface area contributed by atoms with Crippen molar-refractivity contribution in [3.8, 4) is 0 Å². The predicted octanol–water partition coefficient (Wildman–Crippen LogP) is 3.50. The first-order valence-electron chi connectivity index (χ1n) is 10.5. The molecule has 2 aliphatic heterocycles. The third-order valence-electron chi connectivity index (χ3n) is 6.58. The van der Waals surface area contributed by atoms with Gasteiger partial charge in [0.25, 0.3) is 0 Å². The minimum Gasteiger partial charge on any atom is -0.465 e. The van der Waals surface area contributed by atoms with E-state index in [-0.39, 0.29) is 23.4 Å². The number of hydrogen-bond acceptors (Lipinski definition) is 7. The molecule has 4 atom stereocenters. The van der Waals surface area contributed by atoms with E-state index in [1.807, 2.05) is 20.8 Å². The molecule has 0 radical (unpaired) electrons. The Bertz CT molecular complexity index is 813. The lowest BCUT2D eigenvalue weighted by molar-refractivity contribution is -0.191. The van der Waals surface area contributed by atoms with Gasteiger partial charge in [-0.1, -0.05) is 20.8 Å². The molecule has 0 aromatic carbocycles. The topological polar surface area (TPSA) is 81.0 Å². The Balaban J connectivity index is 1.91. The molecule has 0 aliphatic carbocycles. The fourth-order valence-corrected chi connectivity index (χ4v) is 4.74. The fourth-order valence-electron chi connectivity index (χ4n) is 3.73. The lowest BCUT2D eigenvalue weighted by Crippen LogP contribution is -2.44. The van der Waals surface area contributed by atoms with Crippen molar-refractivity contribution in [3.63, 3.8) is 0 Å². The number of carbonyl (C=O) groups excluding carboxylic acids is 1. The molecule has 1 aromatic heterocycles. The highest BCUT2D eigenvalue weighted by molar-refractivity contribution is 6.74. The average molecular weight is 441 g/mol. The van der Waals surface area contributed by atoms with Gasteiger partial charge in [0.15, 0.2) is 14.1 Å². The number of hydrogen-bond donors (Lipinski definition) is 0. The van der Waals surface area contributed by atoms with Gasteiger partial charge in [-0.05, 0) is 38.9 Å². The van der Waals surface area contributed by atoms with Crippen LogP contribution in [0.5, 0.6) is 0 Å². The van der Waals surface area contributed by atoms with Gasteiger partial charge in [0.2, 0.25) is 0 Å². The molecule has 3 rings (SSSR count). The molecule has 2 aliphatic rings. The van der Waals surface area contributed by atoms with Gasteiger partial charge in [-0.15, -0.1) is 0 Å². The fraction of sp³-hybridized carbons (Fsp3) is 0.810. The number of carbonyl (C=O) groups is 1. The highest BCUT2D eigenvalue weighted by Gasteiger charge is 2.57. The van der Waals surface area contributed by atoms with Crippen LogP contribution in [0.3, 0.4) is 0 Å². The van der Waals surface area contributed by atoms with E-state index in [9.17, 15) is 4.79 Å². The van der Waals surface area contributed by atoms with Crippen molar-refractivity contribution < 1.29 is 28.2 Å². The molecule has 0 amide bonds. The van der Waals surface area contributed by atoms with Crippen LogP contribution in [0.15, 0.2) is 0 Å². The van der Waals surface area contributed by atoms with Crippen LogP contribution in [0, 0.1) is 6.92 Å². The van der Waals surface area contributed by atoms with Crippen molar-refractivity contribution in [1.29, 1.82) is 0 Å². The normalized spacial score (nSPS) is 28.6. The van der Waals surface area contributed by atoms with E-state index in [2.05, 4.69) is 39.0 Å². The third-order valence-corrected chi connectivity index (χ3v) is 11.1. The van der Waals surface area contributed by atoms with Gasteiger partial charge in [-0.25, -0.2) is 4.79 Å². The summed E-state index contributed by atoms with van der Waals surface area (Å²) in [5, 5.41) is 4.67. The Morgan fingerprint density at radius 2 is 1.83 bits per heavy atom. The Labute approximate surface area is 180 Å². The van der Waals surface area contributed by atoms with E-state index in [1.165, 1.54) is 7.11 Å². The van der Waals surface area contributed by atoms with Crippen LogP contribution in [0.2, 0.25) is 18.1 Å². The lowest BCUT2D eigenvalue weighted by Gasteiger charge is -2.37. The summed E-state index contributed by atoms with van der Waals surface area (Å²) in [7, 11) is 1.20. The molecule has 0 bridgehead atoms. The highest BCUT2D eigenvalue weighted by Crippen LogP contribution is 2.46. The summed E-state index contributed by atoms with van der Waals surface area (Å²) in [4.78, 5) is 12.5. The molecule has 2 saturated heterocycles. The number of esters is 1. The Kier molecular flexibility index (Phi) is 6.01. The average Bonchev–Trinajstić information content (AvgIpc) is 3.20. The second kappa shape index (κ2) is 7.70. The van der Waals surface area contributed by atoms with Gasteiger partial charge in [0, 0.05) is 12.7 Å². The molecule has 170 valence electrons. The van der Waals surface area contributed by atoms with Crippen LogP contribution in [-0.4, -0.2) is 61.9 Å². The molecule has 8 nitrogen and oxygen atoms in total. The lowest BCUT2D eigenvalue weighted by atomic mass is 10.0. The van der Waals surface area contributed by atoms with Crippen molar-refractivity contribution in [2.24, 2.45) is 7.05 Å². The van der Waals surface area contributed by atoms with E-state index in [0.717, 1.165) is 5.69 Å². The standard InChI is InChI=1S/C21H36N2O6Si/c1-12-14(19(24)25-8)15(22-23(12)7)17-18-16(28-21(5,6)29-18)13(27-17)11-26-30(9,10)20(2,3)4/h13,16-18H,11H2,1-10H3/t13-,16-,17+,18-/m1/s1. The summed E-state index contributed by atoms with van der Waals surface area (Å²) in [6.07, 6.45) is -1.55. The van der Waals surface area contributed by atoms with Gasteiger partial charge in [-0.2, -0.15) is 5.10 Å². The zero-order chi connectivity index (χ0) is 22.6. The zero-order valence-electron chi connectivity index (χ0n) is 19.9. The Morgan fingerprint density at radius 1 is 1.23 bits per heavy atom. The van der Waals surface area contributed by atoms with Crippen LogP contribution in [-0.2, 0) is 30.4 Å². The van der Waals surface area contributed by atoms with Gasteiger partial charge in [0.1, 0.15) is 35.7 Å². The van der Waals surface area contributed by atoms with Crippen molar-refractivity contribution >= 4 is 14.3 Å². The first-order chi connectivity index (χ1) is 13.7. The largest absolute Gasteiger partial charge is 0.465 e. The maximum atomic E-state index is 12.5. The molecule has 1 aromatic rings. The SMILES string of the molecule is COC(=O)c1c([C@@H]2O[C@H](CO[Si](C)(C)C(C)(C)C)[C@H]3OC(C)(C)O[C@H]32)nn(C)c1C. The van der Waals surface area contributed by atoms with E-state index < -0.39 is 26.2 Å². The zero-order valence-corrected chi connectivity index (χ0v) is 20.9. The molecule has 0 unspecified atom stereocenters. The summed E-state index contributed by atoms with van der Waals surface area (Å²) in [6.45, 7) is 17.1. The van der Waals surface area contributed by atoms with Crippen molar-refractivity contribution in [3.05, 3.63) is 17.0 Å². The minimum absolute atomic E-state index is 0.0901. The number of fused-ring (bicyclic) bond motifs is 1. The van der Waals surface area contributed by atoms with Crippen LogP contribution in [0.25, 0.3) is 0 Å². The van der Waals surface area contributed by atoms with Crippen molar-refractivity contribution in [2.45, 2.75) is 89.9 Å². The van der Waals surface area contributed by atoms with Crippen molar-refractivity contribution in [2.75, 3.05) is 13.7 Å². The molecular formula is C21H36N2O6Si. The van der Waals surface area contributed by atoms with Crippen LogP contribution in [0.4, 0.5) is 0 Å². The smallest absolute Gasteiger partial charge is 0.341 e. The second-order valence-corrected chi connectivity index (χ2v) is 15.0. The van der Waals surface area contributed by atoms with Gasteiger partial charge >= 0.3 is 5.97 Å². The number of ether oxygens (including phenoxy) is 4. The second-order valence-electron chi connectivity index (χ2n) is 10.2. The number of aromatic nitrogens is 2. The van der Waals surface area contributed by atoms with E-state index in [1.54, 1.807) is 11.7 Å². The number of methoxy groups -OCH3 is 1. The molecule has 3 heterocycles. The van der Waals surface area contributed by atoms with Crippen molar-refractivity contribution in [1.82, 2.24) is 9.78 Å². The molecule has 30 heavy (non-hydrogen) atoms. The summed E-state index contributed by atoms with van der Waals surface area (Å²) < 4.78 is 31.9. The molecule has 9 heteroatoms. The number of aryl methyl sites for hydroxylation is 1. The van der Waals surface area contributed by atoms with Gasteiger partial charge in [-0.3, -0.25) is 4.68 Å². The maximum absolute atomic E-state index is 12.5. The third kappa shape index (κ3) is 4.10. The summed E-state index contributed by atoms with van der Waals surface area (Å²) in [6, 6.07) is 0. The van der Waals surface area contributed by atoms with Crippen LogP contribution >= 0.6 is 0 Å². The Morgan fingerprint density at radius 3 is 2.40 bits per heavy atom. The maximum Gasteiger partial charge on any atom is 0.341 e. The predicted molar refractivity (Wildman–Crippen MR) is 114 cm³/mol. The molecule has 0 N–H and O–H groups in total. The summed E-state index contributed by atoms with van der Waals surface area (Å²) in [5.41, 5.74) is 1.66. The summed E-state index contributed by atoms with van der Waals surface area (Å²) >= 11 is 0. The number of nitrogens with zero attached hydrogens (tertiary/aromatic N) is 2. The first kappa shape index (κ1) is 23.4. The van der Waals surface area contributed by atoms with E-state index in [0.29, 0.717) is 17.9 Å². The first-order valence-corrected chi connectivity index (χ1v) is 13.4. The van der Waals surface area contributed by atoms with Gasteiger partial charge in [0.05, 0.1) is 13.7 Å². The summed E-state index contributed by atoms with van der Waals surface area (Å²) in [5.74, 6) is -1.18.